The third-order valence-corrected chi connectivity index (χ3v) is 3.04. The van der Waals surface area contributed by atoms with E-state index < -0.39 is 0 Å². The number of hydrogen-bond donors (Lipinski definition) is 1. The van der Waals surface area contributed by atoms with Gasteiger partial charge in [0.15, 0.2) is 0 Å². The fraction of sp³-hybridized carbons (Fsp3) is 0.125. The third kappa shape index (κ3) is 4.51. The molecule has 1 N–H and O–H groups in total. The maximum absolute atomic E-state index is 11.8. The second-order valence-corrected chi connectivity index (χ2v) is 4.67. The first-order valence-corrected chi connectivity index (χ1v) is 6.74. The molecule has 0 heterocycles. The Hall–Kier alpha value is -2.51. The molecule has 1 amide bonds. The van der Waals surface area contributed by atoms with Crippen LogP contribution in [0.4, 0.5) is 5.69 Å². The van der Waals surface area contributed by atoms with Gasteiger partial charge in [0.05, 0.1) is 35.4 Å². The number of halogens is 1. The van der Waals surface area contributed by atoms with Gasteiger partial charge < -0.3 is 10.1 Å². The predicted molar refractivity (Wildman–Crippen MR) is 81.4 cm³/mol. The quantitative estimate of drug-likeness (QED) is 0.917. The van der Waals surface area contributed by atoms with Gasteiger partial charge in [-0.05, 0) is 30.3 Å². The van der Waals surface area contributed by atoms with Crippen molar-refractivity contribution in [3.63, 3.8) is 0 Å². The topological polar surface area (TPSA) is 62.1 Å². The van der Waals surface area contributed by atoms with Gasteiger partial charge in [-0.25, -0.2) is 0 Å². The number of carbonyl (C=O) groups excluding carboxylic acids is 1. The van der Waals surface area contributed by atoms with Crippen molar-refractivity contribution in [1.29, 1.82) is 5.26 Å². The summed E-state index contributed by atoms with van der Waals surface area (Å²) < 4.78 is 5.44. The number of nitriles is 1. The lowest BCUT2D eigenvalue weighted by Gasteiger charge is -2.08. The van der Waals surface area contributed by atoms with Crippen LogP contribution in [0.1, 0.15) is 12.0 Å². The number of ether oxygens (including phenoxy) is 1. The van der Waals surface area contributed by atoms with Crippen LogP contribution in [0.3, 0.4) is 0 Å². The maximum Gasteiger partial charge on any atom is 0.227 e. The summed E-state index contributed by atoms with van der Waals surface area (Å²) in [6, 6.07) is 16.0. The van der Waals surface area contributed by atoms with Crippen LogP contribution in [0.5, 0.6) is 5.75 Å². The van der Waals surface area contributed by atoms with Crippen molar-refractivity contribution < 1.29 is 9.53 Å². The van der Waals surface area contributed by atoms with Gasteiger partial charge in [-0.1, -0.05) is 29.8 Å². The van der Waals surface area contributed by atoms with Gasteiger partial charge >= 0.3 is 0 Å². The Morgan fingerprint density at radius 3 is 2.71 bits per heavy atom. The number of benzene rings is 2. The molecule has 0 aromatic heterocycles. The summed E-state index contributed by atoms with van der Waals surface area (Å²) in [5, 5.41) is 11.9. The smallest absolute Gasteiger partial charge is 0.227 e. The Bertz CT molecular complexity index is 666. The highest BCUT2D eigenvalue weighted by atomic mass is 35.5. The standard InChI is InChI=1S/C16H13ClN2O2/c17-14-7-6-12(11-18)10-15(14)19-16(20)8-9-21-13-4-2-1-3-5-13/h1-7,10H,8-9H2,(H,19,20). The average Bonchev–Trinajstić information content (AvgIpc) is 2.50. The Morgan fingerprint density at radius 2 is 2.00 bits per heavy atom. The highest BCUT2D eigenvalue weighted by molar-refractivity contribution is 6.33. The largest absolute Gasteiger partial charge is 0.493 e. The lowest BCUT2D eigenvalue weighted by atomic mass is 10.2. The van der Waals surface area contributed by atoms with E-state index in [2.05, 4.69) is 5.32 Å². The van der Waals surface area contributed by atoms with E-state index in [-0.39, 0.29) is 18.9 Å². The molecule has 0 saturated heterocycles. The molecule has 0 bridgehead atoms. The average molecular weight is 301 g/mol. The van der Waals surface area contributed by atoms with Crippen LogP contribution in [-0.2, 0) is 4.79 Å². The van der Waals surface area contributed by atoms with Crippen LogP contribution in [0.2, 0.25) is 5.02 Å². The molecule has 4 nitrogen and oxygen atoms in total. The lowest BCUT2D eigenvalue weighted by Crippen LogP contribution is -2.15. The van der Waals surface area contributed by atoms with Gasteiger partial charge in [0.1, 0.15) is 5.75 Å². The van der Waals surface area contributed by atoms with Gasteiger partial charge in [-0.2, -0.15) is 5.26 Å². The minimum atomic E-state index is -0.220. The zero-order valence-electron chi connectivity index (χ0n) is 11.2. The van der Waals surface area contributed by atoms with E-state index in [1.54, 1.807) is 12.1 Å². The van der Waals surface area contributed by atoms with E-state index in [4.69, 9.17) is 21.6 Å². The summed E-state index contributed by atoms with van der Waals surface area (Å²) in [4.78, 5) is 11.8. The molecular weight excluding hydrogens is 288 g/mol. The molecule has 21 heavy (non-hydrogen) atoms. The SMILES string of the molecule is N#Cc1ccc(Cl)c(NC(=O)CCOc2ccccc2)c1. The van der Waals surface area contributed by atoms with Crippen molar-refractivity contribution in [2.75, 3.05) is 11.9 Å². The van der Waals surface area contributed by atoms with E-state index in [9.17, 15) is 4.79 Å². The van der Waals surface area contributed by atoms with Crippen molar-refractivity contribution in [1.82, 2.24) is 0 Å². The first kappa shape index (κ1) is 14.9. The first-order valence-electron chi connectivity index (χ1n) is 6.36. The molecule has 0 aliphatic heterocycles. The molecule has 0 aliphatic carbocycles. The summed E-state index contributed by atoms with van der Waals surface area (Å²) >= 11 is 5.97. The van der Waals surface area contributed by atoms with E-state index >= 15 is 0 Å². The number of para-hydroxylation sites is 1. The van der Waals surface area contributed by atoms with Crippen molar-refractivity contribution in [2.24, 2.45) is 0 Å². The summed E-state index contributed by atoms with van der Waals surface area (Å²) in [7, 11) is 0. The van der Waals surface area contributed by atoms with E-state index in [1.807, 2.05) is 36.4 Å². The molecule has 0 atom stereocenters. The number of nitrogens with zero attached hydrogens (tertiary/aromatic N) is 1. The highest BCUT2D eigenvalue weighted by Gasteiger charge is 2.07. The molecular formula is C16H13ClN2O2. The second kappa shape index (κ2) is 7.32. The fourth-order valence-corrected chi connectivity index (χ4v) is 1.85. The van der Waals surface area contributed by atoms with Crippen molar-refractivity contribution in [2.45, 2.75) is 6.42 Å². The molecule has 0 radical (unpaired) electrons. The van der Waals surface area contributed by atoms with Crippen LogP contribution in [0, 0.1) is 11.3 Å². The van der Waals surface area contributed by atoms with Crippen LogP contribution in [0.25, 0.3) is 0 Å². The number of carbonyl (C=O) groups is 1. The first-order chi connectivity index (χ1) is 10.2. The Kier molecular flexibility index (Phi) is 5.19. The Morgan fingerprint density at radius 1 is 1.24 bits per heavy atom. The number of rotatable bonds is 5. The molecule has 0 saturated carbocycles. The normalized spacial score (nSPS) is 9.71. The summed E-state index contributed by atoms with van der Waals surface area (Å²) in [6.45, 7) is 0.269. The van der Waals surface area contributed by atoms with Crippen LogP contribution >= 0.6 is 11.6 Å². The molecule has 2 rings (SSSR count). The summed E-state index contributed by atoms with van der Waals surface area (Å²) in [6.07, 6.45) is 0.196. The Balaban J connectivity index is 1.86. The van der Waals surface area contributed by atoms with Gasteiger partial charge in [0, 0.05) is 0 Å². The molecule has 0 aliphatic rings. The molecule has 2 aromatic carbocycles. The maximum atomic E-state index is 11.8. The zero-order valence-corrected chi connectivity index (χ0v) is 11.9. The van der Waals surface area contributed by atoms with Crippen LogP contribution < -0.4 is 10.1 Å². The number of hydrogen-bond acceptors (Lipinski definition) is 3. The lowest BCUT2D eigenvalue weighted by molar-refractivity contribution is -0.116. The van der Waals surface area contributed by atoms with E-state index in [1.165, 1.54) is 6.07 Å². The number of amides is 1. The van der Waals surface area contributed by atoms with Gasteiger partial charge in [-0.3, -0.25) is 4.79 Å². The highest BCUT2D eigenvalue weighted by Crippen LogP contribution is 2.22. The predicted octanol–water partition coefficient (Wildman–Crippen LogP) is 3.62. The monoisotopic (exact) mass is 300 g/mol. The van der Waals surface area contributed by atoms with Gasteiger partial charge in [0.25, 0.3) is 0 Å². The summed E-state index contributed by atoms with van der Waals surface area (Å²) in [5.41, 5.74) is 0.871. The van der Waals surface area contributed by atoms with Crippen molar-refractivity contribution in [3.8, 4) is 11.8 Å². The van der Waals surface area contributed by atoms with Crippen LogP contribution in [0.15, 0.2) is 48.5 Å². The van der Waals surface area contributed by atoms with Crippen LogP contribution in [-0.4, -0.2) is 12.5 Å². The van der Waals surface area contributed by atoms with E-state index in [0.717, 1.165) is 5.75 Å². The molecule has 0 spiro atoms. The minimum absolute atomic E-state index is 0.196. The summed E-state index contributed by atoms with van der Waals surface area (Å²) in [5.74, 6) is 0.498. The number of nitrogens with one attached hydrogen (secondary N) is 1. The number of anilines is 1. The molecule has 106 valence electrons. The molecule has 2 aromatic rings. The van der Waals surface area contributed by atoms with Gasteiger partial charge in [-0.15, -0.1) is 0 Å². The minimum Gasteiger partial charge on any atom is -0.493 e. The van der Waals surface area contributed by atoms with Crippen molar-refractivity contribution in [3.05, 3.63) is 59.1 Å². The van der Waals surface area contributed by atoms with Gasteiger partial charge in [0.2, 0.25) is 5.91 Å². The molecule has 0 fully saturated rings. The van der Waals surface area contributed by atoms with Crippen molar-refractivity contribution >= 4 is 23.2 Å². The zero-order chi connectivity index (χ0) is 15.1. The fourth-order valence-electron chi connectivity index (χ4n) is 1.68. The second-order valence-electron chi connectivity index (χ2n) is 4.27. The molecule has 0 unspecified atom stereocenters. The third-order valence-electron chi connectivity index (χ3n) is 2.71. The van der Waals surface area contributed by atoms with E-state index in [0.29, 0.717) is 16.3 Å². The molecule has 5 heteroatoms. The Labute approximate surface area is 127 Å².